The summed E-state index contributed by atoms with van der Waals surface area (Å²) in [6, 6.07) is 0. The number of carbonyl (C=O) groups is 2. The van der Waals surface area contributed by atoms with E-state index in [0.717, 1.165) is 11.8 Å². The summed E-state index contributed by atoms with van der Waals surface area (Å²) in [5.74, 6) is -1.60. The van der Waals surface area contributed by atoms with Crippen molar-refractivity contribution in [2.45, 2.75) is 24.3 Å². The van der Waals surface area contributed by atoms with Crippen molar-refractivity contribution in [1.29, 1.82) is 0 Å². The SMILES string of the molecule is CCOC(=O)c1cnc(S[C@H](C)C(=O)O)nc1N. The molecule has 7 nitrogen and oxygen atoms in total. The zero-order valence-electron chi connectivity index (χ0n) is 9.91. The summed E-state index contributed by atoms with van der Waals surface area (Å²) in [6.07, 6.45) is 1.23. The molecule has 0 saturated carbocycles. The average molecular weight is 271 g/mol. The summed E-state index contributed by atoms with van der Waals surface area (Å²) < 4.78 is 4.77. The first-order valence-electron chi connectivity index (χ1n) is 5.14. The van der Waals surface area contributed by atoms with Gasteiger partial charge in [-0.3, -0.25) is 4.79 Å². The Kier molecular flexibility index (Phi) is 4.90. The van der Waals surface area contributed by atoms with Crippen LogP contribution in [0.2, 0.25) is 0 Å². The normalized spacial score (nSPS) is 11.9. The van der Waals surface area contributed by atoms with E-state index in [4.69, 9.17) is 15.6 Å². The molecule has 1 atom stereocenters. The van der Waals surface area contributed by atoms with Crippen LogP contribution >= 0.6 is 11.8 Å². The van der Waals surface area contributed by atoms with Gasteiger partial charge >= 0.3 is 11.9 Å². The van der Waals surface area contributed by atoms with Crippen LogP contribution in [0.4, 0.5) is 5.82 Å². The first kappa shape index (κ1) is 14.2. The van der Waals surface area contributed by atoms with Gasteiger partial charge in [0.25, 0.3) is 0 Å². The van der Waals surface area contributed by atoms with Crippen molar-refractivity contribution < 1.29 is 19.4 Å². The maximum atomic E-state index is 11.4. The Labute approximate surface area is 108 Å². The van der Waals surface area contributed by atoms with Crippen molar-refractivity contribution in [2.24, 2.45) is 0 Å². The minimum absolute atomic E-state index is 0.0245. The number of carbonyl (C=O) groups excluding carboxylic acids is 1. The number of thioether (sulfide) groups is 1. The maximum absolute atomic E-state index is 11.4. The van der Waals surface area contributed by atoms with Crippen LogP contribution in [-0.2, 0) is 9.53 Å². The topological polar surface area (TPSA) is 115 Å². The Bertz CT molecular complexity index is 466. The lowest BCUT2D eigenvalue weighted by Crippen LogP contribution is -2.14. The molecule has 1 aromatic heterocycles. The number of esters is 1. The zero-order chi connectivity index (χ0) is 13.7. The number of aliphatic carboxylic acids is 1. The molecule has 0 fully saturated rings. The van der Waals surface area contributed by atoms with E-state index < -0.39 is 17.2 Å². The van der Waals surface area contributed by atoms with Gasteiger partial charge in [0.15, 0.2) is 5.16 Å². The van der Waals surface area contributed by atoms with Crippen LogP contribution in [0.5, 0.6) is 0 Å². The van der Waals surface area contributed by atoms with Crippen LogP contribution in [0.3, 0.4) is 0 Å². The molecule has 0 aromatic carbocycles. The number of nitrogen functional groups attached to an aromatic ring is 1. The number of rotatable bonds is 5. The molecule has 0 aliphatic rings. The average Bonchev–Trinajstić information content (AvgIpc) is 2.29. The molecule has 0 spiro atoms. The number of aromatic nitrogens is 2. The van der Waals surface area contributed by atoms with Crippen molar-refractivity contribution in [3.05, 3.63) is 11.8 Å². The third-order valence-corrected chi connectivity index (χ3v) is 2.88. The lowest BCUT2D eigenvalue weighted by Gasteiger charge is -2.07. The summed E-state index contributed by atoms with van der Waals surface area (Å²) in [5.41, 5.74) is 5.66. The molecule has 18 heavy (non-hydrogen) atoms. The summed E-state index contributed by atoms with van der Waals surface area (Å²) in [4.78, 5) is 29.8. The van der Waals surface area contributed by atoms with Crippen molar-refractivity contribution >= 4 is 29.5 Å². The van der Waals surface area contributed by atoms with Gasteiger partial charge in [0.05, 0.1) is 6.61 Å². The second-order valence-electron chi connectivity index (χ2n) is 3.27. The van der Waals surface area contributed by atoms with Gasteiger partial charge in [0.1, 0.15) is 16.6 Å². The molecular weight excluding hydrogens is 258 g/mol. The summed E-state index contributed by atoms with van der Waals surface area (Å²) in [6.45, 7) is 3.41. The van der Waals surface area contributed by atoms with E-state index in [1.165, 1.54) is 13.1 Å². The summed E-state index contributed by atoms with van der Waals surface area (Å²) >= 11 is 0.946. The van der Waals surface area contributed by atoms with Crippen LogP contribution in [0.25, 0.3) is 0 Å². The van der Waals surface area contributed by atoms with Crippen molar-refractivity contribution in [1.82, 2.24) is 9.97 Å². The number of ether oxygens (including phenoxy) is 1. The quantitative estimate of drug-likeness (QED) is 0.459. The predicted octanol–water partition coefficient (Wildman–Crippen LogP) is 0.801. The van der Waals surface area contributed by atoms with Gasteiger partial charge in [0.2, 0.25) is 0 Å². The monoisotopic (exact) mass is 271 g/mol. The highest BCUT2D eigenvalue weighted by molar-refractivity contribution is 8.00. The van der Waals surface area contributed by atoms with E-state index in [-0.39, 0.29) is 23.1 Å². The third kappa shape index (κ3) is 3.59. The Hall–Kier alpha value is -1.83. The van der Waals surface area contributed by atoms with Gasteiger partial charge in [-0.25, -0.2) is 14.8 Å². The van der Waals surface area contributed by atoms with Crippen molar-refractivity contribution in [2.75, 3.05) is 12.3 Å². The number of carboxylic acids is 1. The molecule has 0 bridgehead atoms. The molecule has 0 aliphatic heterocycles. The minimum Gasteiger partial charge on any atom is -0.480 e. The first-order valence-corrected chi connectivity index (χ1v) is 6.02. The Morgan fingerprint density at radius 3 is 2.78 bits per heavy atom. The molecule has 1 heterocycles. The van der Waals surface area contributed by atoms with Gasteiger partial charge in [-0.15, -0.1) is 0 Å². The van der Waals surface area contributed by atoms with Crippen molar-refractivity contribution in [3.63, 3.8) is 0 Å². The minimum atomic E-state index is -0.975. The van der Waals surface area contributed by atoms with Crippen LogP contribution in [0.15, 0.2) is 11.4 Å². The fraction of sp³-hybridized carbons (Fsp3) is 0.400. The molecule has 0 saturated heterocycles. The van der Waals surface area contributed by atoms with Crippen LogP contribution in [0.1, 0.15) is 24.2 Å². The molecule has 0 aliphatic carbocycles. The highest BCUT2D eigenvalue weighted by Crippen LogP contribution is 2.21. The van der Waals surface area contributed by atoms with Crippen LogP contribution in [-0.4, -0.2) is 38.9 Å². The summed E-state index contributed by atoms with van der Waals surface area (Å²) in [5, 5.41) is 8.25. The Balaban J connectivity index is 2.85. The van der Waals surface area contributed by atoms with Crippen LogP contribution < -0.4 is 5.73 Å². The maximum Gasteiger partial charge on any atom is 0.343 e. The number of hydrogen-bond donors (Lipinski definition) is 2. The highest BCUT2D eigenvalue weighted by Gasteiger charge is 2.17. The van der Waals surface area contributed by atoms with Gasteiger partial charge in [0, 0.05) is 6.20 Å². The van der Waals surface area contributed by atoms with E-state index in [1.807, 2.05) is 0 Å². The van der Waals surface area contributed by atoms with E-state index in [2.05, 4.69) is 9.97 Å². The Morgan fingerprint density at radius 2 is 2.28 bits per heavy atom. The molecule has 1 aromatic rings. The number of nitrogens with two attached hydrogens (primary N) is 1. The second-order valence-corrected chi connectivity index (χ2v) is 4.58. The molecular formula is C10H13N3O4S. The fourth-order valence-electron chi connectivity index (χ4n) is 1.01. The highest BCUT2D eigenvalue weighted by atomic mass is 32.2. The third-order valence-electron chi connectivity index (χ3n) is 1.92. The smallest absolute Gasteiger partial charge is 0.343 e. The first-order chi connectivity index (χ1) is 8.45. The Morgan fingerprint density at radius 1 is 1.61 bits per heavy atom. The molecule has 98 valence electrons. The summed E-state index contributed by atoms with van der Waals surface area (Å²) in [7, 11) is 0. The van der Waals surface area contributed by atoms with E-state index in [0.29, 0.717) is 0 Å². The fourth-order valence-corrected chi connectivity index (χ4v) is 1.69. The lowest BCUT2D eigenvalue weighted by molar-refractivity contribution is -0.136. The number of hydrogen-bond acceptors (Lipinski definition) is 7. The standard InChI is InChI=1S/C10H13N3O4S/c1-3-17-9(16)6-4-12-10(13-7(6)11)18-5(2)8(14)15/h4-5H,3H2,1-2H3,(H,14,15)(H2,11,12,13)/t5-/m1/s1. The second kappa shape index (κ2) is 6.20. The molecule has 0 amide bonds. The van der Waals surface area contributed by atoms with Gasteiger partial charge in [-0.05, 0) is 13.8 Å². The molecule has 8 heteroatoms. The number of anilines is 1. The lowest BCUT2D eigenvalue weighted by atomic mass is 10.3. The van der Waals surface area contributed by atoms with E-state index in [1.54, 1.807) is 6.92 Å². The van der Waals surface area contributed by atoms with Gasteiger partial charge in [-0.1, -0.05) is 11.8 Å². The van der Waals surface area contributed by atoms with Crippen LogP contribution in [0, 0.1) is 0 Å². The molecule has 3 N–H and O–H groups in total. The van der Waals surface area contributed by atoms with E-state index in [9.17, 15) is 9.59 Å². The van der Waals surface area contributed by atoms with Crippen molar-refractivity contribution in [3.8, 4) is 0 Å². The molecule has 0 radical (unpaired) electrons. The molecule has 1 rings (SSSR count). The number of nitrogens with zero attached hydrogens (tertiary/aromatic N) is 2. The zero-order valence-corrected chi connectivity index (χ0v) is 10.7. The molecule has 0 unspecified atom stereocenters. The predicted molar refractivity (Wildman–Crippen MR) is 65.4 cm³/mol. The van der Waals surface area contributed by atoms with Gasteiger partial charge < -0.3 is 15.6 Å². The largest absolute Gasteiger partial charge is 0.480 e. The van der Waals surface area contributed by atoms with E-state index >= 15 is 0 Å². The van der Waals surface area contributed by atoms with Gasteiger partial charge in [-0.2, -0.15) is 0 Å². The number of carboxylic acid groups (broad SMARTS) is 1.